The third-order valence-corrected chi connectivity index (χ3v) is 17.1. The molecule has 74 heavy (non-hydrogen) atoms. The van der Waals surface area contributed by atoms with Gasteiger partial charge in [0.1, 0.15) is 17.7 Å². The first kappa shape index (κ1) is 49.5. The number of aryl methyl sites for hydroxylation is 1. The fourth-order valence-electron chi connectivity index (χ4n) is 11.9. The average Bonchev–Trinajstić information content (AvgIpc) is 4.24. The number of nitrogens with zero attached hydrogens (tertiary/aromatic N) is 9. The molecule has 2 aromatic carbocycles. The van der Waals surface area contributed by atoms with Crippen LogP contribution in [0.15, 0.2) is 83.1 Å². The van der Waals surface area contributed by atoms with Crippen LogP contribution in [0.1, 0.15) is 117 Å². The molecule has 1 saturated carbocycles. The van der Waals surface area contributed by atoms with Gasteiger partial charge in [0.15, 0.2) is 11.4 Å². The second kappa shape index (κ2) is 21.2. The molecule has 3 fully saturated rings. The molecule has 17 nitrogen and oxygen atoms in total. The summed E-state index contributed by atoms with van der Waals surface area (Å²) in [4.78, 5) is 53.1. The fraction of sp³-hybridized carbons (Fsp3) is 0.464. The molecule has 0 bridgehead atoms. The summed E-state index contributed by atoms with van der Waals surface area (Å²) in [5.41, 5.74) is 10.4. The van der Waals surface area contributed by atoms with Gasteiger partial charge in [-0.2, -0.15) is 0 Å². The number of anilines is 1. The minimum atomic E-state index is -0.807. The quantitative estimate of drug-likeness (QED) is 0.0805. The molecule has 0 spiro atoms. The van der Waals surface area contributed by atoms with E-state index in [1.165, 1.54) is 16.0 Å². The van der Waals surface area contributed by atoms with Crippen LogP contribution in [0.5, 0.6) is 11.6 Å². The van der Waals surface area contributed by atoms with Crippen LogP contribution < -0.4 is 15.0 Å². The number of aliphatic hydroxyl groups excluding tert-OH is 1. The number of hydrogen-bond donors (Lipinski definition) is 4. The zero-order valence-electron chi connectivity index (χ0n) is 42.5. The number of para-hydroxylation sites is 1. The summed E-state index contributed by atoms with van der Waals surface area (Å²) in [7, 11) is 0. The van der Waals surface area contributed by atoms with Gasteiger partial charge in [-0.1, -0.05) is 50.2 Å². The van der Waals surface area contributed by atoms with E-state index in [1.807, 2.05) is 81.1 Å². The second-order valence-corrected chi connectivity index (χ2v) is 22.0. The first-order valence-electron chi connectivity index (χ1n) is 26.3. The number of thiazole rings is 1. The Morgan fingerprint density at radius 2 is 1.73 bits per heavy atom. The number of amides is 2. The number of fused-ring (bicyclic) bond motifs is 3. The predicted octanol–water partition coefficient (Wildman–Crippen LogP) is 8.50. The summed E-state index contributed by atoms with van der Waals surface area (Å²) in [6, 6.07) is 18.7. The molecule has 3 aliphatic heterocycles. The Kier molecular flexibility index (Phi) is 14.2. The molecule has 0 radical (unpaired) electrons. The number of piperidine rings is 1. The van der Waals surface area contributed by atoms with Crippen LogP contribution in [-0.2, 0) is 22.6 Å². The molecule has 7 aromatic rings. The Balaban J connectivity index is 0.633. The van der Waals surface area contributed by atoms with E-state index in [0.717, 1.165) is 109 Å². The molecule has 386 valence electrons. The van der Waals surface area contributed by atoms with E-state index in [9.17, 15) is 19.8 Å². The van der Waals surface area contributed by atoms with Gasteiger partial charge in [0.25, 0.3) is 5.88 Å². The summed E-state index contributed by atoms with van der Waals surface area (Å²) in [6.07, 6.45) is 10.8. The van der Waals surface area contributed by atoms with Crippen molar-refractivity contribution in [1.29, 1.82) is 0 Å². The molecule has 4 N–H and O–H groups in total. The largest absolute Gasteiger partial charge is 0.507 e. The van der Waals surface area contributed by atoms with E-state index in [0.29, 0.717) is 53.9 Å². The number of aromatic nitrogens is 7. The summed E-state index contributed by atoms with van der Waals surface area (Å²) in [5, 5.41) is 38.3. The van der Waals surface area contributed by atoms with Crippen LogP contribution >= 0.6 is 11.3 Å². The Bertz CT molecular complexity index is 3090. The summed E-state index contributed by atoms with van der Waals surface area (Å²) < 4.78 is 12.0. The van der Waals surface area contributed by atoms with Gasteiger partial charge in [-0.25, -0.2) is 15.0 Å². The summed E-state index contributed by atoms with van der Waals surface area (Å²) in [5.74, 6) is 1.06. The van der Waals surface area contributed by atoms with Crippen LogP contribution in [0.2, 0.25) is 0 Å². The molecule has 11 rings (SSSR count). The van der Waals surface area contributed by atoms with Crippen molar-refractivity contribution in [2.75, 3.05) is 37.7 Å². The fourth-order valence-corrected chi connectivity index (χ4v) is 12.8. The number of phenols is 1. The molecule has 1 aliphatic carbocycles. The Labute approximate surface area is 434 Å². The van der Waals surface area contributed by atoms with E-state index in [-0.39, 0.29) is 42.5 Å². The first-order valence-corrected chi connectivity index (χ1v) is 27.2. The lowest BCUT2D eigenvalue weighted by molar-refractivity contribution is -0.141. The van der Waals surface area contributed by atoms with Crippen LogP contribution in [0.3, 0.4) is 0 Å². The van der Waals surface area contributed by atoms with Gasteiger partial charge in [-0.15, -0.1) is 21.5 Å². The van der Waals surface area contributed by atoms with Gasteiger partial charge in [-0.05, 0) is 123 Å². The van der Waals surface area contributed by atoms with E-state index in [4.69, 9.17) is 19.2 Å². The van der Waals surface area contributed by atoms with Gasteiger partial charge < -0.3 is 44.5 Å². The first-order chi connectivity index (χ1) is 35.9. The Morgan fingerprint density at radius 3 is 2.46 bits per heavy atom. The number of carbonyl (C=O) groups is 2. The number of hydrogen-bond acceptors (Lipinski definition) is 15. The number of carbonyl (C=O) groups excluding carboxylic acids is 2. The predicted molar refractivity (Wildman–Crippen MR) is 282 cm³/mol. The number of rotatable bonds is 14. The third-order valence-electron chi connectivity index (χ3n) is 16.1. The number of aliphatic hydroxyl groups is 1. The number of nitrogens with one attached hydrogen (secondary N) is 2. The average molecular weight is 1020 g/mol. The van der Waals surface area contributed by atoms with Crippen LogP contribution in [0, 0.1) is 18.8 Å². The number of benzene rings is 2. The molecule has 4 aliphatic rings. The number of aromatic hydroxyl groups is 1. The normalized spacial score (nSPS) is 22.1. The lowest BCUT2D eigenvalue weighted by Crippen LogP contribution is -2.48. The molecule has 1 unspecified atom stereocenters. The number of aromatic amines is 1. The van der Waals surface area contributed by atoms with E-state index in [1.54, 1.807) is 29.5 Å². The molecular formula is C56H65N11O6S. The standard InChI is InChI=1S/C56H65N11O6S/c1-32(2)50(55(71)67-29-41(68)23-46(67)54(70)57-26-35-9-13-38(14-10-35)52-33(3)60-31-74-52)48-25-49(64-73-48)72-30-36-11-15-40(16-12-36)65-20-17-37(18-21-65)39-27-58-56(59-28-39)66-22-19-44-51(34(66)4)43-24-45(62-63-53(43)61-44)42-7-5-6-8-47(42)69/h5-10,13-14,24-25,27-28,31-32,34,36-37,40-41,46,50,68-69H,11-12,15-23,26,29-30H2,1-4H3,(H,57,70)(H,61,63)/t34-,36?,40?,41+,46-,50?/m0/s1. The molecule has 2 amide bonds. The lowest BCUT2D eigenvalue weighted by Gasteiger charge is -2.40. The summed E-state index contributed by atoms with van der Waals surface area (Å²) in [6.45, 7) is 11.9. The SMILES string of the molecule is Cc1ncsc1-c1ccc(CNC(=O)[C@@H]2C[C@@H](O)CN2C(=O)C(c2cc(OCC3CCC(N4CCC(c5cnc(N6CCc7[nH]c8nnc(-c9ccccc9O)cc8c7[C@@H]6C)nc5)CC4)CC3)no2)C(C)C)cc1. The molecule has 2 saturated heterocycles. The van der Waals surface area contributed by atoms with Crippen LogP contribution in [0.4, 0.5) is 5.95 Å². The number of β-amino-alcohol motifs (C(OH)–C–C–N with tert-alkyl or cyclic N) is 1. The van der Waals surface area contributed by atoms with E-state index >= 15 is 0 Å². The second-order valence-electron chi connectivity index (χ2n) is 21.1. The van der Waals surface area contributed by atoms with Crippen molar-refractivity contribution < 1.29 is 29.1 Å². The number of likely N-dealkylation sites (tertiary alicyclic amines) is 2. The van der Waals surface area contributed by atoms with Gasteiger partial charge in [-0.3, -0.25) is 9.59 Å². The van der Waals surface area contributed by atoms with Crippen molar-refractivity contribution in [3.63, 3.8) is 0 Å². The van der Waals surface area contributed by atoms with Crippen molar-refractivity contribution in [2.45, 2.75) is 122 Å². The van der Waals surface area contributed by atoms with E-state index in [2.05, 4.69) is 47.4 Å². The zero-order valence-corrected chi connectivity index (χ0v) is 43.3. The smallest absolute Gasteiger partial charge is 0.254 e. The van der Waals surface area contributed by atoms with Crippen molar-refractivity contribution in [3.05, 3.63) is 112 Å². The highest BCUT2D eigenvalue weighted by Gasteiger charge is 2.43. The highest BCUT2D eigenvalue weighted by molar-refractivity contribution is 7.13. The van der Waals surface area contributed by atoms with Gasteiger partial charge in [0, 0.05) is 79.2 Å². The van der Waals surface area contributed by atoms with Gasteiger partial charge >= 0.3 is 0 Å². The monoisotopic (exact) mass is 1020 g/mol. The number of ether oxygens (including phenoxy) is 1. The van der Waals surface area contributed by atoms with Crippen molar-refractivity contribution in [1.82, 2.24) is 50.4 Å². The van der Waals surface area contributed by atoms with Crippen molar-refractivity contribution in [3.8, 4) is 33.3 Å². The molecule has 4 atom stereocenters. The third kappa shape index (κ3) is 10.1. The van der Waals surface area contributed by atoms with Crippen molar-refractivity contribution in [2.24, 2.45) is 11.8 Å². The molecular weight excluding hydrogens is 955 g/mol. The molecule has 8 heterocycles. The highest BCUT2D eigenvalue weighted by Crippen LogP contribution is 2.40. The maximum Gasteiger partial charge on any atom is 0.254 e. The Hall–Kier alpha value is -6.76. The minimum Gasteiger partial charge on any atom is -0.507 e. The molecule has 18 heteroatoms. The van der Waals surface area contributed by atoms with Crippen LogP contribution in [-0.4, -0.2) is 118 Å². The maximum absolute atomic E-state index is 14.2. The topological polar surface area (TPSA) is 212 Å². The highest BCUT2D eigenvalue weighted by atomic mass is 32.1. The number of H-pyrrole nitrogens is 1. The number of phenolic OH excluding ortho intramolecular Hbond substituents is 1. The zero-order chi connectivity index (χ0) is 51.0. The Morgan fingerprint density at radius 1 is 0.959 bits per heavy atom. The summed E-state index contributed by atoms with van der Waals surface area (Å²) >= 11 is 1.60. The van der Waals surface area contributed by atoms with Gasteiger partial charge in [0.05, 0.1) is 40.5 Å². The van der Waals surface area contributed by atoms with Gasteiger partial charge in [0.2, 0.25) is 17.8 Å². The van der Waals surface area contributed by atoms with Crippen LogP contribution in [0.25, 0.3) is 32.7 Å². The maximum atomic E-state index is 14.2. The van der Waals surface area contributed by atoms with Crippen molar-refractivity contribution >= 4 is 40.1 Å². The van der Waals surface area contributed by atoms with E-state index < -0.39 is 18.1 Å². The minimum absolute atomic E-state index is 0.0231. The molecule has 5 aromatic heterocycles. The lowest BCUT2D eigenvalue weighted by atomic mass is 9.83.